The molecule has 8 heteroatoms. The molecule has 2 heterocycles. The van der Waals surface area contributed by atoms with Crippen LogP contribution in [0.1, 0.15) is 37.6 Å². The molecular formula is C16H28N4O4. The van der Waals surface area contributed by atoms with Gasteiger partial charge in [-0.3, -0.25) is 0 Å². The van der Waals surface area contributed by atoms with Crippen molar-refractivity contribution in [1.29, 1.82) is 0 Å². The first-order valence-electron chi connectivity index (χ1n) is 8.55. The molecule has 0 aromatic carbocycles. The molecule has 5 N–H and O–H groups in total. The fraction of sp³-hybridized carbons (Fsp3) is 0.750. The summed E-state index contributed by atoms with van der Waals surface area (Å²) < 4.78 is 1.67. The van der Waals surface area contributed by atoms with Crippen LogP contribution in [0, 0.1) is 0 Å². The van der Waals surface area contributed by atoms with Crippen LogP contribution in [-0.4, -0.2) is 72.9 Å². The van der Waals surface area contributed by atoms with Gasteiger partial charge in [-0.25, -0.2) is 4.68 Å². The van der Waals surface area contributed by atoms with Crippen LogP contribution in [0.3, 0.4) is 0 Å². The van der Waals surface area contributed by atoms with E-state index in [-0.39, 0.29) is 13.2 Å². The van der Waals surface area contributed by atoms with Crippen LogP contribution in [0.15, 0.2) is 6.08 Å². The number of hydrogen-bond acceptors (Lipinski definition) is 7. The van der Waals surface area contributed by atoms with E-state index in [9.17, 15) is 15.3 Å². The van der Waals surface area contributed by atoms with E-state index in [1.165, 1.54) is 0 Å². The number of aryl methyl sites for hydroxylation is 1. The zero-order valence-electron chi connectivity index (χ0n) is 14.0. The van der Waals surface area contributed by atoms with Gasteiger partial charge >= 0.3 is 0 Å². The zero-order chi connectivity index (χ0) is 17.5. The lowest BCUT2D eigenvalue weighted by Gasteiger charge is -2.16. The summed E-state index contributed by atoms with van der Waals surface area (Å²) in [5, 5.41) is 49.7. The normalized spacial score (nSPS) is 27.4. The molecular weight excluding hydrogens is 312 g/mol. The molecule has 1 fully saturated rings. The van der Waals surface area contributed by atoms with Gasteiger partial charge in [-0.1, -0.05) is 31.1 Å². The van der Waals surface area contributed by atoms with Gasteiger partial charge in [0.1, 0.15) is 0 Å². The molecule has 0 spiro atoms. The van der Waals surface area contributed by atoms with Gasteiger partial charge in [0, 0.05) is 0 Å². The lowest BCUT2D eigenvalue weighted by atomic mass is 10.1. The Bertz CT molecular complexity index is 534. The molecule has 0 saturated carbocycles. The highest BCUT2D eigenvalue weighted by Gasteiger charge is 2.41. The average molecular weight is 340 g/mol. The highest BCUT2D eigenvalue weighted by molar-refractivity contribution is 5.47. The average Bonchev–Trinajstić information content (AvgIpc) is 3.09. The maximum Gasteiger partial charge on any atom is 0.0990 e. The van der Waals surface area contributed by atoms with Crippen LogP contribution in [0.4, 0.5) is 0 Å². The molecule has 0 unspecified atom stereocenters. The van der Waals surface area contributed by atoms with Crippen molar-refractivity contribution in [3.63, 3.8) is 0 Å². The van der Waals surface area contributed by atoms with Gasteiger partial charge < -0.3 is 25.7 Å². The number of nitrogens with zero attached hydrogens (tertiary/aromatic N) is 3. The minimum absolute atomic E-state index is 0.0742. The number of aliphatic hydroxyl groups is 4. The van der Waals surface area contributed by atoms with E-state index < -0.39 is 24.3 Å². The number of hydrogen-bond donors (Lipinski definition) is 5. The number of aliphatic hydroxyl groups excluding tert-OH is 4. The lowest BCUT2D eigenvalue weighted by molar-refractivity contribution is 0.0175. The Balaban J connectivity index is 2.12. The van der Waals surface area contributed by atoms with Gasteiger partial charge in [-0.2, -0.15) is 0 Å². The van der Waals surface area contributed by atoms with Crippen molar-refractivity contribution in [2.24, 2.45) is 0 Å². The van der Waals surface area contributed by atoms with Gasteiger partial charge in [-0.15, -0.1) is 5.10 Å². The van der Waals surface area contributed by atoms with E-state index in [0.717, 1.165) is 37.1 Å². The molecule has 8 nitrogen and oxygen atoms in total. The van der Waals surface area contributed by atoms with E-state index in [4.69, 9.17) is 5.11 Å². The monoisotopic (exact) mass is 340 g/mol. The molecule has 0 radical (unpaired) electrons. The zero-order valence-corrected chi connectivity index (χ0v) is 14.0. The van der Waals surface area contributed by atoms with E-state index in [0.29, 0.717) is 6.54 Å². The van der Waals surface area contributed by atoms with Crippen molar-refractivity contribution in [1.82, 2.24) is 20.3 Å². The van der Waals surface area contributed by atoms with E-state index in [2.05, 4.69) is 22.6 Å². The predicted molar refractivity (Wildman–Crippen MR) is 89.2 cm³/mol. The predicted octanol–water partition coefficient (Wildman–Crippen LogP) is -0.929. The third kappa shape index (κ3) is 4.40. The number of rotatable bonds is 9. The molecule has 136 valence electrons. The van der Waals surface area contributed by atoms with Crippen molar-refractivity contribution < 1.29 is 20.4 Å². The second-order valence-corrected chi connectivity index (χ2v) is 6.19. The summed E-state index contributed by atoms with van der Waals surface area (Å²) in [6.45, 7) is 2.14. The van der Waals surface area contributed by atoms with Crippen molar-refractivity contribution in [3.05, 3.63) is 17.5 Å². The minimum atomic E-state index is -1.01. The molecule has 2 rings (SSSR count). The van der Waals surface area contributed by atoms with Crippen LogP contribution in [0.2, 0.25) is 0 Å². The van der Waals surface area contributed by atoms with E-state index in [1.807, 2.05) is 0 Å². The van der Waals surface area contributed by atoms with Crippen molar-refractivity contribution >= 4 is 6.08 Å². The van der Waals surface area contributed by atoms with E-state index >= 15 is 0 Å². The molecule has 1 aliphatic heterocycles. The van der Waals surface area contributed by atoms with Crippen molar-refractivity contribution in [2.45, 2.75) is 63.4 Å². The number of aromatic nitrogens is 3. The van der Waals surface area contributed by atoms with Gasteiger partial charge in [0.05, 0.1) is 55.4 Å². The first-order chi connectivity index (χ1) is 11.6. The fourth-order valence-corrected chi connectivity index (χ4v) is 3.01. The maximum atomic E-state index is 10.1. The van der Waals surface area contributed by atoms with Crippen molar-refractivity contribution in [2.75, 3.05) is 13.2 Å². The summed E-state index contributed by atoms with van der Waals surface area (Å²) in [5.74, 6) is 0. The number of nitrogens with one attached hydrogen (secondary N) is 1. The van der Waals surface area contributed by atoms with E-state index in [1.54, 1.807) is 16.8 Å². The minimum Gasteiger partial charge on any atom is -0.395 e. The third-order valence-corrected chi connectivity index (χ3v) is 4.41. The van der Waals surface area contributed by atoms with Crippen molar-refractivity contribution in [3.8, 4) is 0 Å². The van der Waals surface area contributed by atoms with Crippen LogP contribution >= 0.6 is 0 Å². The number of unbranched alkanes of at least 4 members (excludes halogenated alkanes) is 2. The Hall–Kier alpha value is -1.32. The summed E-state index contributed by atoms with van der Waals surface area (Å²) in [6.07, 6.45) is 5.48. The van der Waals surface area contributed by atoms with Gasteiger partial charge in [0.2, 0.25) is 0 Å². The molecule has 1 aromatic heterocycles. The third-order valence-electron chi connectivity index (χ3n) is 4.41. The smallest absolute Gasteiger partial charge is 0.0990 e. The van der Waals surface area contributed by atoms with Gasteiger partial charge in [0.15, 0.2) is 0 Å². The second kappa shape index (κ2) is 9.24. The highest BCUT2D eigenvalue weighted by atomic mass is 16.3. The maximum absolute atomic E-state index is 10.1. The first kappa shape index (κ1) is 19.0. The Morgan fingerprint density at radius 1 is 1.17 bits per heavy atom. The van der Waals surface area contributed by atoms with Gasteiger partial charge in [-0.05, 0) is 18.9 Å². The highest BCUT2D eigenvalue weighted by Crippen LogP contribution is 2.18. The van der Waals surface area contributed by atoms with Crippen LogP contribution in [-0.2, 0) is 13.0 Å². The summed E-state index contributed by atoms with van der Waals surface area (Å²) in [5.41, 5.74) is 1.66. The summed E-state index contributed by atoms with van der Waals surface area (Å²) in [6, 6.07) is -0.974. The molecule has 1 aliphatic rings. The van der Waals surface area contributed by atoms with Gasteiger partial charge in [0.25, 0.3) is 0 Å². The summed E-state index contributed by atoms with van der Waals surface area (Å²) in [7, 11) is 0. The SMILES string of the molecule is CCCCCc1nnn(C[C@H]2N[C@H](CO)[C@@H](O)[C@@H]2O)c1/C=C/CO. The molecule has 24 heavy (non-hydrogen) atoms. The molecule has 0 amide bonds. The topological polar surface area (TPSA) is 124 Å². The quantitative estimate of drug-likeness (QED) is 0.368. The molecule has 1 aromatic rings. The molecule has 0 bridgehead atoms. The fourth-order valence-electron chi connectivity index (χ4n) is 3.01. The summed E-state index contributed by atoms with van der Waals surface area (Å²) >= 11 is 0. The molecule has 1 saturated heterocycles. The Kier molecular flexibility index (Phi) is 7.32. The molecule has 4 atom stereocenters. The first-order valence-corrected chi connectivity index (χ1v) is 8.55. The second-order valence-electron chi connectivity index (χ2n) is 6.19. The Labute approximate surface area is 141 Å². The largest absolute Gasteiger partial charge is 0.395 e. The Morgan fingerprint density at radius 2 is 1.92 bits per heavy atom. The molecule has 0 aliphatic carbocycles. The standard InChI is InChI=1S/C16H28N4O4/c1-2-3-4-6-11-14(7-5-8-21)20(19-18-11)9-12-15(23)16(24)13(10-22)17-12/h5,7,12-13,15-17,21-24H,2-4,6,8-10H2,1H3/b7-5+/t12-,13-,15-,16-/m1/s1. The van der Waals surface area contributed by atoms with Crippen LogP contribution < -0.4 is 5.32 Å². The van der Waals surface area contributed by atoms with Crippen LogP contribution in [0.25, 0.3) is 6.08 Å². The lowest BCUT2D eigenvalue weighted by Crippen LogP contribution is -2.38. The summed E-state index contributed by atoms with van der Waals surface area (Å²) in [4.78, 5) is 0. The van der Waals surface area contributed by atoms with Crippen LogP contribution in [0.5, 0.6) is 0 Å². The Morgan fingerprint density at radius 3 is 2.54 bits per heavy atom.